The summed E-state index contributed by atoms with van der Waals surface area (Å²) in [5, 5.41) is 0. The van der Waals surface area contributed by atoms with Gasteiger partial charge in [0.1, 0.15) is 18.1 Å². The van der Waals surface area contributed by atoms with Crippen LogP contribution >= 0.6 is 7.82 Å². The second-order valence-electron chi connectivity index (χ2n) is 15.2. The summed E-state index contributed by atoms with van der Waals surface area (Å²) in [4.78, 5) is 47.0. The van der Waals surface area contributed by atoms with Crippen molar-refractivity contribution in [2.45, 2.75) is 194 Å². The van der Waals surface area contributed by atoms with Crippen LogP contribution in [0.3, 0.4) is 0 Å². The molecule has 0 bridgehead atoms. The Balaban J connectivity index is 2.29. The first-order valence-corrected chi connectivity index (χ1v) is 23.6. The molecule has 0 aromatic carbocycles. The maximum absolute atomic E-state index is 12.6. The van der Waals surface area contributed by atoms with Crippen molar-refractivity contribution in [1.82, 2.24) is 0 Å². The summed E-state index contributed by atoms with van der Waals surface area (Å²) in [5.74, 6) is 1.49. The number of carbonyl (C=O) groups is 3. The lowest BCUT2D eigenvalue weighted by Gasteiger charge is -2.19. The van der Waals surface area contributed by atoms with Gasteiger partial charge in [0.25, 0.3) is 0 Å². The van der Waals surface area contributed by atoms with E-state index in [9.17, 15) is 23.8 Å². The highest BCUT2D eigenvalue weighted by molar-refractivity contribution is 7.47. The van der Waals surface area contributed by atoms with Crippen LogP contribution in [-0.4, -0.2) is 55.1 Å². The van der Waals surface area contributed by atoms with Gasteiger partial charge >= 0.3 is 19.8 Å². The fourth-order valence-corrected chi connectivity index (χ4v) is 7.15. The van der Waals surface area contributed by atoms with Crippen molar-refractivity contribution < 1.29 is 46.8 Å². The molecule has 11 nitrogen and oxygen atoms in total. The molecule has 328 valence electrons. The third kappa shape index (κ3) is 28.5. The van der Waals surface area contributed by atoms with Crippen molar-refractivity contribution in [3.8, 4) is 0 Å². The minimum Gasteiger partial charge on any atom is -0.466 e. The topological polar surface area (TPSA) is 165 Å². The fraction of sp³-hybridized carbons (Fsp3) is 0.756. The number of hydrogen-bond donors (Lipinski definition) is 2. The first kappa shape index (κ1) is 52.5. The van der Waals surface area contributed by atoms with Crippen LogP contribution in [-0.2, 0) is 50.3 Å². The van der Waals surface area contributed by atoms with Gasteiger partial charge in [0, 0.05) is 38.6 Å². The van der Waals surface area contributed by atoms with E-state index in [0.29, 0.717) is 19.3 Å². The Labute approximate surface area is 344 Å². The van der Waals surface area contributed by atoms with Crippen LogP contribution in [0.25, 0.3) is 0 Å². The van der Waals surface area contributed by atoms with Gasteiger partial charge in [0.2, 0.25) is 0 Å². The molecular formula is C45H78NO10P. The lowest BCUT2D eigenvalue weighted by atomic mass is 10.0. The summed E-state index contributed by atoms with van der Waals surface area (Å²) in [6, 6.07) is 0. The van der Waals surface area contributed by atoms with Crippen LogP contribution in [0.15, 0.2) is 28.7 Å². The number of carbonyl (C=O) groups excluding carboxylic acids is 3. The van der Waals surface area contributed by atoms with Crippen molar-refractivity contribution in [3.63, 3.8) is 0 Å². The van der Waals surface area contributed by atoms with E-state index < -0.39 is 32.5 Å². The van der Waals surface area contributed by atoms with E-state index in [4.69, 9.17) is 28.7 Å². The van der Waals surface area contributed by atoms with Crippen LogP contribution in [0.4, 0.5) is 0 Å². The van der Waals surface area contributed by atoms with E-state index in [1.54, 1.807) is 6.08 Å². The summed E-state index contributed by atoms with van der Waals surface area (Å²) in [6.07, 6.45) is 29.9. The predicted molar refractivity (Wildman–Crippen MR) is 228 cm³/mol. The largest absolute Gasteiger partial charge is 0.472 e. The molecule has 0 fully saturated rings. The van der Waals surface area contributed by atoms with Crippen molar-refractivity contribution in [2.24, 2.45) is 5.73 Å². The Morgan fingerprint density at radius 3 is 1.81 bits per heavy atom. The first-order valence-electron chi connectivity index (χ1n) is 22.1. The first-order chi connectivity index (χ1) is 27.5. The summed E-state index contributed by atoms with van der Waals surface area (Å²) in [6.45, 7) is 7.83. The van der Waals surface area contributed by atoms with Crippen molar-refractivity contribution in [2.75, 3.05) is 26.4 Å². The number of nitrogens with two attached hydrogens (primary N) is 1. The molecule has 1 heterocycles. The summed E-state index contributed by atoms with van der Waals surface area (Å²) in [5.41, 5.74) is 7.98. The normalized spacial score (nSPS) is 13.4. The number of allylic oxidation sites excluding steroid dienone is 4. The summed E-state index contributed by atoms with van der Waals surface area (Å²) < 4.78 is 39.0. The Morgan fingerprint density at radius 2 is 1.21 bits per heavy atom. The number of phosphoric ester groups is 1. The highest BCUT2D eigenvalue weighted by Crippen LogP contribution is 2.43. The number of esters is 2. The maximum Gasteiger partial charge on any atom is 0.472 e. The molecule has 0 saturated heterocycles. The fourth-order valence-electron chi connectivity index (χ4n) is 6.38. The third-order valence-electron chi connectivity index (χ3n) is 10.0. The Morgan fingerprint density at radius 1 is 0.684 bits per heavy atom. The smallest absolute Gasteiger partial charge is 0.466 e. The average Bonchev–Trinajstić information content (AvgIpc) is 3.45. The number of aryl methyl sites for hydroxylation is 2. The van der Waals surface area contributed by atoms with Crippen molar-refractivity contribution in [1.29, 1.82) is 0 Å². The van der Waals surface area contributed by atoms with Crippen LogP contribution < -0.4 is 5.73 Å². The van der Waals surface area contributed by atoms with Gasteiger partial charge in [-0.15, -0.1) is 0 Å². The molecule has 0 aliphatic heterocycles. The molecule has 2 atom stereocenters. The van der Waals surface area contributed by atoms with Crippen LogP contribution in [0.1, 0.15) is 184 Å². The van der Waals surface area contributed by atoms with E-state index >= 15 is 0 Å². The number of unbranched alkanes of at least 4 members (excludes halogenated alkanes) is 16. The number of hydrogen-bond acceptors (Lipinski definition) is 10. The Bertz CT molecular complexity index is 1320. The van der Waals surface area contributed by atoms with Gasteiger partial charge in [-0.25, -0.2) is 4.57 Å². The van der Waals surface area contributed by atoms with Crippen molar-refractivity contribution in [3.05, 3.63) is 47.0 Å². The summed E-state index contributed by atoms with van der Waals surface area (Å²) >= 11 is 0. The van der Waals surface area contributed by atoms with Crippen LogP contribution in [0.5, 0.6) is 0 Å². The quantitative estimate of drug-likeness (QED) is 0.0214. The van der Waals surface area contributed by atoms with E-state index in [1.807, 2.05) is 12.2 Å². The Hall–Kier alpha value is -2.56. The zero-order valence-electron chi connectivity index (χ0n) is 36.0. The van der Waals surface area contributed by atoms with Gasteiger partial charge in [-0.05, 0) is 76.0 Å². The lowest BCUT2D eigenvalue weighted by Crippen LogP contribution is -2.29. The molecule has 12 heteroatoms. The number of ether oxygens (including phenoxy) is 2. The number of phosphoric acid groups is 1. The molecule has 3 N–H and O–H groups in total. The monoisotopic (exact) mass is 824 g/mol. The number of furan rings is 1. The molecule has 0 saturated carbocycles. The van der Waals surface area contributed by atoms with Gasteiger partial charge in [-0.2, -0.15) is 0 Å². The zero-order valence-corrected chi connectivity index (χ0v) is 36.9. The SMILES string of the molecule is CCCCC/C=C\C=C\C(=O)CCCCCCCC(=O)OC[C@H](COP(=O)(O)OCCN)OC(=O)CCCCCCCCCCc1oc(CCCCC)c(C)c1C. The van der Waals surface area contributed by atoms with E-state index in [-0.39, 0.29) is 38.4 Å². The van der Waals surface area contributed by atoms with Crippen molar-refractivity contribution >= 4 is 25.5 Å². The van der Waals surface area contributed by atoms with Gasteiger partial charge in [-0.3, -0.25) is 23.4 Å². The van der Waals surface area contributed by atoms with Gasteiger partial charge in [0.15, 0.2) is 11.9 Å². The van der Waals surface area contributed by atoms with Gasteiger partial charge < -0.3 is 24.5 Å². The molecule has 0 amide bonds. The lowest BCUT2D eigenvalue weighted by molar-refractivity contribution is -0.161. The standard InChI is InChI=1S/C45H78NO10P/c1-5-7-9-10-13-17-23-28-40(47)29-24-18-16-21-26-32-44(48)52-36-41(37-54-57(50,51)53-35-34-46)55-45(49)33-27-20-15-12-11-14-19-25-31-43-39(4)38(3)42(56-43)30-22-8-6-2/h13,17,23,28,41H,5-12,14-16,18-22,24-27,29-37,46H2,1-4H3,(H,50,51)/b17-13-,28-23+/t41-/m1/s1. The third-order valence-corrected chi connectivity index (χ3v) is 11.0. The summed E-state index contributed by atoms with van der Waals surface area (Å²) in [7, 11) is -4.42. The van der Waals surface area contributed by atoms with Crippen LogP contribution in [0, 0.1) is 13.8 Å². The second-order valence-corrected chi connectivity index (χ2v) is 16.6. The molecule has 0 aliphatic carbocycles. The average molecular weight is 824 g/mol. The maximum atomic E-state index is 12.6. The minimum absolute atomic E-state index is 0.0295. The van der Waals surface area contributed by atoms with E-state index in [0.717, 1.165) is 88.6 Å². The van der Waals surface area contributed by atoms with Crippen LogP contribution in [0.2, 0.25) is 0 Å². The molecule has 1 unspecified atom stereocenters. The zero-order chi connectivity index (χ0) is 42.0. The molecular weight excluding hydrogens is 745 g/mol. The van der Waals surface area contributed by atoms with E-state index in [2.05, 4.69) is 33.8 Å². The molecule has 0 radical (unpaired) electrons. The van der Waals surface area contributed by atoms with Gasteiger partial charge in [-0.1, -0.05) is 116 Å². The molecule has 1 rings (SSSR count). The van der Waals surface area contributed by atoms with E-state index in [1.165, 1.54) is 62.5 Å². The molecule has 1 aromatic heterocycles. The molecule has 0 spiro atoms. The highest BCUT2D eigenvalue weighted by atomic mass is 31.2. The van der Waals surface area contributed by atoms with Gasteiger partial charge in [0.05, 0.1) is 13.2 Å². The predicted octanol–water partition coefficient (Wildman–Crippen LogP) is 11.2. The second kappa shape index (κ2) is 34.3. The Kier molecular flexibility index (Phi) is 31.6. The number of ketones is 1. The molecule has 0 aliphatic rings. The highest BCUT2D eigenvalue weighted by Gasteiger charge is 2.26. The molecule has 57 heavy (non-hydrogen) atoms. The number of rotatable bonds is 38. The minimum atomic E-state index is -4.42. The molecule has 1 aromatic rings.